The number of hydrogen-bond donors (Lipinski definition) is 1. The van der Waals surface area contributed by atoms with E-state index in [0.717, 1.165) is 39.0 Å². The van der Waals surface area contributed by atoms with Crippen molar-refractivity contribution in [3.8, 4) is 5.75 Å². The Morgan fingerprint density at radius 1 is 1.00 bits per heavy atom. The van der Waals surface area contributed by atoms with Crippen molar-refractivity contribution in [2.45, 2.75) is 26.5 Å². The van der Waals surface area contributed by atoms with E-state index in [1.165, 1.54) is 5.06 Å². The summed E-state index contributed by atoms with van der Waals surface area (Å²) in [4.78, 5) is 23.1. The second kappa shape index (κ2) is 9.76. The average Bonchev–Trinajstić information content (AvgIpc) is 3.17. The fourth-order valence-electron chi connectivity index (χ4n) is 4.01. The molecule has 0 aliphatic heterocycles. The minimum atomic E-state index is -0.486. The van der Waals surface area contributed by atoms with E-state index >= 15 is 0 Å². The number of hydroxylamine groups is 2. The third-order valence-electron chi connectivity index (χ3n) is 5.66. The van der Waals surface area contributed by atoms with Gasteiger partial charge in [-0.15, -0.1) is 0 Å². The SMILES string of the molecule is C=C(C)C(=O)N(OCc1ccccc1)C(c1ccc(OC)cc1)c1c(C)[nH]c2ccccc12. The summed E-state index contributed by atoms with van der Waals surface area (Å²) in [5.41, 5.74) is 5.25. The molecule has 0 spiro atoms. The van der Waals surface area contributed by atoms with Crippen LogP contribution in [0.5, 0.6) is 5.75 Å². The summed E-state index contributed by atoms with van der Waals surface area (Å²) in [6.07, 6.45) is 0. The highest BCUT2D eigenvalue weighted by Crippen LogP contribution is 2.38. The van der Waals surface area contributed by atoms with Crippen LogP contribution < -0.4 is 4.74 Å². The molecule has 1 heterocycles. The topological polar surface area (TPSA) is 54.6 Å². The number of aromatic amines is 1. The number of carbonyl (C=O) groups is 1. The monoisotopic (exact) mass is 440 g/mol. The van der Waals surface area contributed by atoms with E-state index < -0.39 is 6.04 Å². The van der Waals surface area contributed by atoms with E-state index in [0.29, 0.717) is 5.57 Å². The molecule has 33 heavy (non-hydrogen) atoms. The van der Waals surface area contributed by atoms with Crippen LogP contribution in [0.2, 0.25) is 0 Å². The van der Waals surface area contributed by atoms with Crippen LogP contribution in [0.1, 0.15) is 35.3 Å². The highest BCUT2D eigenvalue weighted by Gasteiger charge is 2.32. The summed E-state index contributed by atoms with van der Waals surface area (Å²) in [5, 5.41) is 2.50. The molecule has 5 heteroatoms. The molecule has 1 unspecified atom stereocenters. The number of amides is 1. The summed E-state index contributed by atoms with van der Waals surface area (Å²) < 4.78 is 5.35. The Labute approximate surface area is 194 Å². The van der Waals surface area contributed by atoms with E-state index in [1.54, 1.807) is 14.0 Å². The number of aromatic nitrogens is 1. The van der Waals surface area contributed by atoms with Crippen LogP contribution >= 0.6 is 0 Å². The van der Waals surface area contributed by atoms with Crippen molar-refractivity contribution in [2.24, 2.45) is 0 Å². The largest absolute Gasteiger partial charge is 0.497 e. The van der Waals surface area contributed by atoms with Gasteiger partial charge in [0.2, 0.25) is 0 Å². The summed E-state index contributed by atoms with van der Waals surface area (Å²) >= 11 is 0. The number of nitrogens with zero attached hydrogens (tertiary/aromatic N) is 1. The second-order valence-electron chi connectivity index (χ2n) is 8.06. The Morgan fingerprint density at radius 2 is 1.67 bits per heavy atom. The van der Waals surface area contributed by atoms with Gasteiger partial charge in [0, 0.05) is 27.7 Å². The van der Waals surface area contributed by atoms with Crippen molar-refractivity contribution in [3.05, 3.63) is 113 Å². The summed E-state index contributed by atoms with van der Waals surface area (Å²) in [7, 11) is 1.64. The minimum Gasteiger partial charge on any atom is -0.497 e. The molecule has 0 aliphatic carbocycles. The molecule has 0 fully saturated rings. The molecule has 1 aromatic heterocycles. The molecule has 4 aromatic rings. The number of H-pyrrole nitrogens is 1. The number of fused-ring (bicyclic) bond motifs is 1. The van der Waals surface area contributed by atoms with Crippen LogP contribution in [0.3, 0.4) is 0 Å². The number of nitrogens with one attached hydrogen (secondary N) is 1. The molecule has 0 saturated heterocycles. The number of carbonyl (C=O) groups excluding carboxylic acids is 1. The van der Waals surface area contributed by atoms with Gasteiger partial charge in [-0.25, -0.2) is 5.06 Å². The van der Waals surface area contributed by atoms with Gasteiger partial charge in [0.05, 0.1) is 7.11 Å². The molecule has 1 amide bonds. The summed E-state index contributed by atoms with van der Waals surface area (Å²) in [6, 6.07) is 25.1. The molecule has 0 bridgehead atoms. The molecule has 1 atom stereocenters. The number of para-hydroxylation sites is 1. The van der Waals surface area contributed by atoms with Gasteiger partial charge in [0.15, 0.2) is 0 Å². The fourth-order valence-corrected chi connectivity index (χ4v) is 4.01. The first-order valence-corrected chi connectivity index (χ1v) is 10.9. The van der Waals surface area contributed by atoms with Gasteiger partial charge in [0.25, 0.3) is 5.91 Å². The lowest BCUT2D eigenvalue weighted by atomic mass is 9.95. The standard InChI is InChI=1S/C28H28N2O3/c1-19(2)28(31)30(33-18-21-10-6-5-7-11-21)27(22-14-16-23(32-4)17-15-22)26-20(3)29-25-13-9-8-12-24(25)26/h5-17,27,29H,1,18H2,2-4H3. The van der Waals surface area contributed by atoms with E-state index in [9.17, 15) is 4.79 Å². The van der Waals surface area contributed by atoms with Crippen LogP contribution in [0.15, 0.2) is 91.0 Å². The lowest BCUT2D eigenvalue weighted by molar-refractivity contribution is -0.198. The van der Waals surface area contributed by atoms with Gasteiger partial charge in [-0.3, -0.25) is 9.63 Å². The lowest BCUT2D eigenvalue weighted by Gasteiger charge is -2.32. The normalized spacial score (nSPS) is 11.8. The molecule has 0 radical (unpaired) electrons. The number of benzene rings is 3. The number of ether oxygens (including phenoxy) is 1. The molecule has 0 aliphatic rings. The van der Waals surface area contributed by atoms with Gasteiger partial charge in [-0.05, 0) is 43.2 Å². The van der Waals surface area contributed by atoms with Gasteiger partial charge in [-0.1, -0.05) is 67.2 Å². The second-order valence-corrected chi connectivity index (χ2v) is 8.06. The Balaban J connectivity index is 1.86. The number of rotatable bonds is 8. The highest BCUT2D eigenvalue weighted by molar-refractivity contribution is 5.93. The van der Waals surface area contributed by atoms with Crippen LogP contribution in [0.25, 0.3) is 10.9 Å². The molecule has 168 valence electrons. The Kier molecular flexibility index (Phi) is 6.61. The smallest absolute Gasteiger partial charge is 0.273 e. The Morgan fingerprint density at radius 3 is 2.33 bits per heavy atom. The molecular formula is C28H28N2O3. The van der Waals surface area contributed by atoms with Gasteiger partial charge in [0.1, 0.15) is 18.4 Å². The molecule has 3 aromatic carbocycles. The quantitative estimate of drug-likeness (QED) is 0.266. The summed E-state index contributed by atoms with van der Waals surface area (Å²) in [5.74, 6) is 0.479. The van der Waals surface area contributed by atoms with Crippen molar-refractivity contribution in [2.75, 3.05) is 7.11 Å². The first kappa shape index (κ1) is 22.4. The van der Waals surface area contributed by atoms with Gasteiger partial charge >= 0.3 is 0 Å². The Hall–Kier alpha value is -3.83. The van der Waals surface area contributed by atoms with E-state index in [2.05, 4.69) is 17.6 Å². The lowest BCUT2D eigenvalue weighted by Crippen LogP contribution is -2.36. The average molecular weight is 441 g/mol. The maximum absolute atomic E-state index is 13.4. The van der Waals surface area contributed by atoms with Crippen LogP contribution in [0, 0.1) is 6.92 Å². The number of aryl methyl sites for hydroxylation is 1. The van der Waals surface area contributed by atoms with Crippen molar-refractivity contribution < 1.29 is 14.4 Å². The van der Waals surface area contributed by atoms with Crippen molar-refractivity contribution in [3.63, 3.8) is 0 Å². The van der Waals surface area contributed by atoms with Gasteiger partial charge in [-0.2, -0.15) is 0 Å². The third kappa shape index (κ3) is 4.69. The van der Waals surface area contributed by atoms with Crippen molar-refractivity contribution in [1.29, 1.82) is 0 Å². The molecule has 5 nitrogen and oxygen atoms in total. The maximum Gasteiger partial charge on any atom is 0.273 e. The zero-order valence-electron chi connectivity index (χ0n) is 19.2. The number of hydrogen-bond acceptors (Lipinski definition) is 3. The summed E-state index contributed by atoms with van der Waals surface area (Å²) in [6.45, 7) is 7.88. The van der Waals surface area contributed by atoms with Gasteiger partial charge < -0.3 is 9.72 Å². The van der Waals surface area contributed by atoms with Crippen LogP contribution in [0.4, 0.5) is 0 Å². The first-order valence-electron chi connectivity index (χ1n) is 10.9. The Bertz CT molecular complexity index is 1260. The van der Waals surface area contributed by atoms with E-state index in [-0.39, 0.29) is 12.5 Å². The number of methoxy groups -OCH3 is 1. The van der Waals surface area contributed by atoms with Crippen molar-refractivity contribution >= 4 is 16.8 Å². The van der Waals surface area contributed by atoms with E-state index in [1.807, 2.05) is 79.7 Å². The highest BCUT2D eigenvalue weighted by atomic mass is 16.7. The predicted octanol–water partition coefficient (Wildman–Crippen LogP) is 6.11. The van der Waals surface area contributed by atoms with Crippen molar-refractivity contribution in [1.82, 2.24) is 10.0 Å². The van der Waals surface area contributed by atoms with E-state index in [4.69, 9.17) is 9.57 Å². The molecule has 1 N–H and O–H groups in total. The first-order chi connectivity index (χ1) is 16.0. The maximum atomic E-state index is 13.4. The van der Waals surface area contributed by atoms with Crippen LogP contribution in [-0.4, -0.2) is 23.1 Å². The zero-order valence-corrected chi connectivity index (χ0v) is 19.2. The fraction of sp³-hybridized carbons (Fsp3) is 0.179. The zero-order chi connectivity index (χ0) is 23.4. The third-order valence-corrected chi connectivity index (χ3v) is 5.66. The minimum absolute atomic E-state index is 0.258. The predicted molar refractivity (Wildman–Crippen MR) is 131 cm³/mol. The molecular weight excluding hydrogens is 412 g/mol. The molecule has 0 saturated carbocycles. The van der Waals surface area contributed by atoms with Crippen LogP contribution in [-0.2, 0) is 16.2 Å². The molecule has 4 rings (SSSR count).